The van der Waals surface area contributed by atoms with Gasteiger partial charge in [0.05, 0.1) is 6.10 Å². The molecule has 0 saturated heterocycles. The van der Waals surface area contributed by atoms with Crippen molar-refractivity contribution in [3.63, 3.8) is 0 Å². The van der Waals surface area contributed by atoms with Crippen molar-refractivity contribution in [2.24, 2.45) is 0 Å². The predicted octanol–water partition coefficient (Wildman–Crippen LogP) is 3.67. The molecular formula is C16H20O. The van der Waals surface area contributed by atoms with Crippen LogP contribution in [0.1, 0.15) is 50.2 Å². The van der Waals surface area contributed by atoms with E-state index in [1.807, 2.05) is 0 Å². The zero-order valence-electron chi connectivity index (χ0n) is 10.4. The van der Waals surface area contributed by atoms with Crippen molar-refractivity contribution in [2.75, 3.05) is 0 Å². The number of hydrogen-bond donors (Lipinski definition) is 1. The van der Waals surface area contributed by atoms with Gasteiger partial charge in [0, 0.05) is 5.41 Å². The second kappa shape index (κ2) is 3.99. The number of fused-ring (bicyclic) bond motifs is 2. The molecule has 0 bridgehead atoms. The Hall–Kier alpha value is -1.08. The Balaban J connectivity index is 2.10. The van der Waals surface area contributed by atoms with Crippen LogP contribution in [0.25, 0.3) is 6.08 Å². The van der Waals surface area contributed by atoms with Crippen molar-refractivity contribution in [1.82, 2.24) is 0 Å². The standard InChI is InChI=1S/C16H20O/c1-2-13-10-12-6-3-4-8-15(12)16(13)9-5-7-14(17)11-16/h3-4,6,8,10,14,17H,2,5,7,9,11H2,1H3. The van der Waals surface area contributed by atoms with Crippen molar-refractivity contribution in [2.45, 2.75) is 50.5 Å². The summed E-state index contributed by atoms with van der Waals surface area (Å²) >= 11 is 0. The molecule has 1 heteroatoms. The maximum absolute atomic E-state index is 10.0. The molecule has 1 aromatic rings. The summed E-state index contributed by atoms with van der Waals surface area (Å²) in [7, 11) is 0. The maximum Gasteiger partial charge on any atom is 0.0551 e. The number of rotatable bonds is 1. The van der Waals surface area contributed by atoms with Crippen LogP contribution in [0.15, 0.2) is 29.8 Å². The number of aliphatic hydroxyl groups is 1. The molecule has 3 rings (SSSR count). The zero-order chi connectivity index (χ0) is 11.9. The largest absolute Gasteiger partial charge is 0.393 e. The third-order valence-corrected chi connectivity index (χ3v) is 4.53. The van der Waals surface area contributed by atoms with Crippen LogP contribution in [-0.4, -0.2) is 11.2 Å². The Kier molecular flexibility index (Phi) is 2.59. The van der Waals surface area contributed by atoms with Crippen LogP contribution in [0.5, 0.6) is 0 Å². The molecule has 0 heterocycles. The molecule has 2 unspecified atom stereocenters. The van der Waals surface area contributed by atoms with E-state index in [0.717, 1.165) is 25.7 Å². The van der Waals surface area contributed by atoms with Gasteiger partial charge in [-0.3, -0.25) is 0 Å². The molecular weight excluding hydrogens is 208 g/mol. The minimum atomic E-state index is -0.121. The molecule has 90 valence electrons. The molecule has 2 atom stereocenters. The highest BCUT2D eigenvalue weighted by Gasteiger charge is 2.43. The number of allylic oxidation sites excluding steroid dienone is 1. The van der Waals surface area contributed by atoms with Gasteiger partial charge >= 0.3 is 0 Å². The molecule has 1 spiro atoms. The molecule has 1 fully saturated rings. The predicted molar refractivity (Wildman–Crippen MR) is 70.9 cm³/mol. The summed E-state index contributed by atoms with van der Waals surface area (Å²) < 4.78 is 0. The summed E-state index contributed by atoms with van der Waals surface area (Å²) in [6.45, 7) is 2.24. The van der Waals surface area contributed by atoms with Crippen LogP contribution < -0.4 is 0 Å². The lowest BCUT2D eigenvalue weighted by Gasteiger charge is -2.39. The van der Waals surface area contributed by atoms with E-state index in [4.69, 9.17) is 0 Å². The Morgan fingerprint density at radius 3 is 2.94 bits per heavy atom. The fourth-order valence-corrected chi connectivity index (χ4v) is 3.78. The minimum absolute atomic E-state index is 0.121. The van der Waals surface area contributed by atoms with Crippen LogP contribution in [0, 0.1) is 0 Å². The highest BCUT2D eigenvalue weighted by Crippen LogP contribution is 2.51. The molecule has 1 N–H and O–H groups in total. The molecule has 0 aliphatic heterocycles. The van der Waals surface area contributed by atoms with Gasteiger partial charge in [-0.15, -0.1) is 0 Å². The van der Waals surface area contributed by atoms with Gasteiger partial charge in [0.25, 0.3) is 0 Å². The average molecular weight is 228 g/mol. The Morgan fingerprint density at radius 1 is 1.35 bits per heavy atom. The topological polar surface area (TPSA) is 20.2 Å². The van der Waals surface area contributed by atoms with E-state index in [2.05, 4.69) is 37.3 Å². The third-order valence-electron chi connectivity index (χ3n) is 4.53. The Labute approximate surface area is 103 Å². The zero-order valence-corrected chi connectivity index (χ0v) is 10.4. The lowest BCUT2D eigenvalue weighted by molar-refractivity contribution is 0.0967. The number of aliphatic hydroxyl groups excluding tert-OH is 1. The molecule has 1 aromatic carbocycles. The minimum Gasteiger partial charge on any atom is -0.393 e. The molecule has 2 aliphatic rings. The first-order chi connectivity index (χ1) is 8.26. The van der Waals surface area contributed by atoms with Crippen LogP contribution in [0.4, 0.5) is 0 Å². The van der Waals surface area contributed by atoms with Gasteiger partial charge in [-0.25, -0.2) is 0 Å². The summed E-state index contributed by atoms with van der Waals surface area (Å²) in [6, 6.07) is 8.71. The number of hydrogen-bond acceptors (Lipinski definition) is 1. The first-order valence-corrected chi connectivity index (χ1v) is 6.75. The normalized spacial score (nSPS) is 31.4. The highest BCUT2D eigenvalue weighted by atomic mass is 16.3. The van der Waals surface area contributed by atoms with Crippen molar-refractivity contribution < 1.29 is 5.11 Å². The number of benzene rings is 1. The van der Waals surface area contributed by atoms with Crippen LogP contribution >= 0.6 is 0 Å². The van der Waals surface area contributed by atoms with Gasteiger partial charge in [-0.05, 0) is 43.2 Å². The SMILES string of the molecule is CCC1=Cc2ccccc2C12CCCC(O)C2. The molecule has 1 nitrogen and oxygen atoms in total. The fraction of sp³-hybridized carbons (Fsp3) is 0.500. The lowest BCUT2D eigenvalue weighted by atomic mass is 9.66. The monoisotopic (exact) mass is 228 g/mol. The van der Waals surface area contributed by atoms with E-state index < -0.39 is 0 Å². The van der Waals surface area contributed by atoms with Gasteiger partial charge in [-0.2, -0.15) is 0 Å². The maximum atomic E-state index is 10.0. The molecule has 0 amide bonds. The van der Waals surface area contributed by atoms with Gasteiger partial charge in [0.2, 0.25) is 0 Å². The average Bonchev–Trinajstić information content (AvgIpc) is 2.64. The summed E-state index contributed by atoms with van der Waals surface area (Å²) in [6.07, 6.45) is 7.58. The van der Waals surface area contributed by atoms with Crippen molar-refractivity contribution in [1.29, 1.82) is 0 Å². The van der Waals surface area contributed by atoms with Crippen LogP contribution in [0.3, 0.4) is 0 Å². The molecule has 2 aliphatic carbocycles. The van der Waals surface area contributed by atoms with E-state index in [-0.39, 0.29) is 11.5 Å². The van der Waals surface area contributed by atoms with E-state index in [0.29, 0.717) is 0 Å². The van der Waals surface area contributed by atoms with E-state index in [9.17, 15) is 5.11 Å². The Morgan fingerprint density at radius 2 is 2.18 bits per heavy atom. The summed E-state index contributed by atoms with van der Waals surface area (Å²) in [5.74, 6) is 0. The van der Waals surface area contributed by atoms with Crippen LogP contribution in [-0.2, 0) is 5.41 Å². The van der Waals surface area contributed by atoms with Gasteiger partial charge in [-0.1, -0.05) is 42.8 Å². The van der Waals surface area contributed by atoms with Crippen LogP contribution in [0.2, 0.25) is 0 Å². The molecule has 1 saturated carbocycles. The van der Waals surface area contributed by atoms with E-state index in [1.54, 1.807) is 0 Å². The van der Waals surface area contributed by atoms with Gasteiger partial charge in [0.15, 0.2) is 0 Å². The van der Waals surface area contributed by atoms with Gasteiger partial charge < -0.3 is 5.11 Å². The summed E-state index contributed by atoms with van der Waals surface area (Å²) in [5.41, 5.74) is 4.51. The van der Waals surface area contributed by atoms with Crippen molar-refractivity contribution in [3.8, 4) is 0 Å². The highest BCUT2D eigenvalue weighted by molar-refractivity contribution is 5.69. The van der Waals surface area contributed by atoms with Gasteiger partial charge in [0.1, 0.15) is 0 Å². The second-order valence-corrected chi connectivity index (χ2v) is 5.44. The lowest BCUT2D eigenvalue weighted by Crippen LogP contribution is -2.35. The van der Waals surface area contributed by atoms with E-state index >= 15 is 0 Å². The Bertz CT molecular complexity index is 460. The first-order valence-electron chi connectivity index (χ1n) is 6.75. The first kappa shape index (κ1) is 11.0. The quantitative estimate of drug-likeness (QED) is 0.777. The smallest absolute Gasteiger partial charge is 0.0551 e. The summed E-state index contributed by atoms with van der Waals surface area (Å²) in [5, 5.41) is 10.0. The summed E-state index contributed by atoms with van der Waals surface area (Å²) in [4.78, 5) is 0. The second-order valence-electron chi connectivity index (χ2n) is 5.44. The fourth-order valence-electron chi connectivity index (χ4n) is 3.78. The molecule has 17 heavy (non-hydrogen) atoms. The van der Waals surface area contributed by atoms with Crippen molar-refractivity contribution >= 4 is 6.08 Å². The van der Waals surface area contributed by atoms with E-state index in [1.165, 1.54) is 23.1 Å². The third kappa shape index (κ3) is 1.56. The molecule has 0 aromatic heterocycles. The molecule has 0 radical (unpaired) electrons. The van der Waals surface area contributed by atoms with Crippen molar-refractivity contribution in [3.05, 3.63) is 41.0 Å².